The SMILES string of the molecule is CC(C)CC[C@H](COCc1ccc(Cl)cc1)C(C)C. The normalized spacial score (nSPS) is 13.2. The average Bonchev–Trinajstić information content (AvgIpc) is 2.35. The lowest BCUT2D eigenvalue weighted by Gasteiger charge is -2.21. The molecule has 0 saturated heterocycles. The van der Waals surface area contributed by atoms with Crippen LogP contribution in [0.1, 0.15) is 46.1 Å². The highest BCUT2D eigenvalue weighted by molar-refractivity contribution is 6.30. The standard InChI is InChI=1S/C17H27ClO/c1-13(2)5-8-16(14(3)4)12-19-11-15-6-9-17(18)10-7-15/h6-7,9-10,13-14,16H,5,8,11-12H2,1-4H3/t16-/m1/s1. The molecule has 0 heterocycles. The van der Waals surface area contributed by atoms with Crippen molar-refractivity contribution in [1.82, 2.24) is 0 Å². The molecule has 0 aliphatic rings. The Bertz CT molecular complexity index is 343. The van der Waals surface area contributed by atoms with Gasteiger partial charge in [0.25, 0.3) is 0 Å². The first kappa shape index (κ1) is 16.5. The van der Waals surface area contributed by atoms with Crippen LogP contribution in [0.2, 0.25) is 5.02 Å². The lowest BCUT2D eigenvalue weighted by atomic mass is 9.89. The van der Waals surface area contributed by atoms with Crippen LogP contribution in [0.5, 0.6) is 0 Å². The lowest BCUT2D eigenvalue weighted by Crippen LogP contribution is -2.16. The Morgan fingerprint density at radius 1 is 1.00 bits per heavy atom. The fourth-order valence-corrected chi connectivity index (χ4v) is 2.19. The minimum Gasteiger partial charge on any atom is -0.376 e. The predicted octanol–water partition coefficient (Wildman–Crippen LogP) is 5.57. The summed E-state index contributed by atoms with van der Waals surface area (Å²) in [5.74, 6) is 2.12. The molecule has 0 saturated carbocycles. The van der Waals surface area contributed by atoms with Crippen molar-refractivity contribution >= 4 is 11.6 Å². The Balaban J connectivity index is 2.33. The van der Waals surface area contributed by atoms with E-state index in [1.165, 1.54) is 18.4 Å². The third-order valence-electron chi connectivity index (χ3n) is 3.57. The van der Waals surface area contributed by atoms with Crippen LogP contribution < -0.4 is 0 Å². The van der Waals surface area contributed by atoms with Crippen molar-refractivity contribution in [1.29, 1.82) is 0 Å². The molecule has 0 aromatic heterocycles. The molecule has 0 spiro atoms. The Morgan fingerprint density at radius 2 is 1.63 bits per heavy atom. The number of benzene rings is 1. The maximum absolute atomic E-state index is 5.87. The first-order valence-corrected chi connectivity index (χ1v) is 7.69. The van der Waals surface area contributed by atoms with Crippen LogP contribution in [0, 0.1) is 17.8 Å². The van der Waals surface area contributed by atoms with Gasteiger partial charge in [-0.15, -0.1) is 0 Å². The number of halogens is 1. The molecule has 1 aromatic rings. The predicted molar refractivity (Wildman–Crippen MR) is 83.5 cm³/mol. The largest absolute Gasteiger partial charge is 0.376 e. The third kappa shape index (κ3) is 6.98. The van der Waals surface area contributed by atoms with Crippen molar-refractivity contribution in [3.63, 3.8) is 0 Å². The first-order chi connectivity index (χ1) is 8.99. The van der Waals surface area contributed by atoms with Crippen molar-refractivity contribution < 1.29 is 4.74 Å². The highest BCUT2D eigenvalue weighted by atomic mass is 35.5. The quantitative estimate of drug-likeness (QED) is 0.606. The third-order valence-corrected chi connectivity index (χ3v) is 3.82. The second-order valence-electron chi connectivity index (χ2n) is 6.12. The molecule has 2 heteroatoms. The van der Waals surface area contributed by atoms with Gasteiger partial charge in [0.05, 0.1) is 13.2 Å². The van der Waals surface area contributed by atoms with Gasteiger partial charge in [0.15, 0.2) is 0 Å². The smallest absolute Gasteiger partial charge is 0.0717 e. The zero-order chi connectivity index (χ0) is 14.3. The molecule has 1 aromatic carbocycles. The van der Waals surface area contributed by atoms with Gasteiger partial charge in [0, 0.05) is 5.02 Å². The molecule has 0 unspecified atom stereocenters. The van der Waals surface area contributed by atoms with Crippen molar-refractivity contribution in [2.45, 2.75) is 47.1 Å². The van der Waals surface area contributed by atoms with Gasteiger partial charge in [0.1, 0.15) is 0 Å². The summed E-state index contributed by atoms with van der Waals surface area (Å²) in [4.78, 5) is 0. The van der Waals surface area contributed by atoms with Gasteiger partial charge in [-0.25, -0.2) is 0 Å². The fraction of sp³-hybridized carbons (Fsp3) is 0.647. The Kier molecular flexibility index (Phi) is 7.48. The summed E-state index contributed by atoms with van der Waals surface area (Å²) in [5.41, 5.74) is 1.19. The molecule has 0 fully saturated rings. The summed E-state index contributed by atoms with van der Waals surface area (Å²) in [7, 11) is 0. The van der Waals surface area contributed by atoms with Crippen molar-refractivity contribution in [2.24, 2.45) is 17.8 Å². The van der Waals surface area contributed by atoms with Crippen LogP contribution in [0.25, 0.3) is 0 Å². The van der Waals surface area contributed by atoms with Crippen LogP contribution >= 0.6 is 11.6 Å². The van der Waals surface area contributed by atoms with E-state index in [4.69, 9.17) is 16.3 Å². The van der Waals surface area contributed by atoms with Gasteiger partial charge in [0.2, 0.25) is 0 Å². The summed E-state index contributed by atoms with van der Waals surface area (Å²) in [6.45, 7) is 10.7. The van der Waals surface area contributed by atoms with E-state index in [0.717, 1.165) is 17.5 Å². The van der Waals surface area contributed by atoms with E-state index in [9.17, 15) is 0 Å². The summed E-state index contributed by atoms with van der Waals surface area (Å²) in [6, 6.07) is 7.89. The second-order valence-corrected chi connectivity index (χ2v) is 6.55. The highest BCUT2D eigenvalue weighted by Gasteiger charge is 2.14. The molecule has 0 amide bonds. The molecule has 0 radical (unpaired) electrons. The molecule has 19 heavy (non-hydrogen) atoms. The van der Waals surface area contributed by atoms with Gasteiger partial charge in [-0.05, 0) is 41.9 Å². The van der Waals surface area contributed by atoms with Crippen molar-refractivity contribution in [3.05, 3.63) is 34.9 Å². The molecule has 1 rings (SSSR count). The summed E-state index contributed by atoms with van der Waals surface area (Å²) in [5, 5.41) is 0.778. The Morgan fingerprint density at radius 3 is 2.16 bits per heavy atom. The zero-order valence-corrected chi connectivity index (χ0v) is 13.4. The molecular formula is C17H27ClO. The van der Waals surface area contributed by atoms with Gasteiger partial charge < -0.3 is 4.74 Å². The van der Waals surface area contributed by atoms with E-state index in [2.05, 4.69) is 27.7 Å². The van der Waals surface area contributed by atoms with E-state index < -0.39 is 0 Å². The van der Waals surface area contributed by atoms with Crippen LogP contribution in [-0.2, 0) is 11.3 Å². The molecule has 0 aliphatic heterocycles. The summed E-state index contributed by atoms with van der Waals surface area (Å²) < 4.78 is 5.87. The second kappa shape index (κ2) is 8.60. The molecule has 108 valence electrons. The van der Waals surface area contributed by atoms with Gasteiger partial charge in [-0.1, -0.05) is 57.8 Å². The van der Waals surface area contributed by atoms with Crippen LogP contribution in [0.3, 0.4) is 0 Å². The zero-order valence-electron chi connectivity index (χ0n) is 12.7. The topological polar surface area (TPSA) is 9.23 Å². The van der Waals surface area contributed by atoms with E-state index in [1.807, 2.05) is 24.3 Å². The van der Waals surface area contributed by atoms with Crippen LogP contribution in [-0.4, -0.2) is 6.61 Å². The maximum atomic E-state index is 5.87. The molecule has 1 nitrogen and oxygen atoms in total. The van der Waals surface area contributed by atoms with Gasteiger partial charge in [-0.3, -0.25) is 0 Å². The van der Waals surface area contributed by atoms with E-state index >= 15 is 0 Å². The fourth-order valence-electron chi connectivity index (χ4n) is 2.07. The number of ether oxygens (including phenoxy) is 1. The van der Waals surface area contributed by atoms with E-state index in [1.54, 1.807) is 0 Å². The number of hydrogen-bond acceptors (Lipinski definition) is 1. The summed E-state index contributed by atoms with van der Waals surface area (Å²) in [6.07, 6.45) is 2.54. The van der Waals surface area contributed by atoms with E-state index in [-0.39, 0.29) is 0 Å². The number of hydrogen-bond donors (Lipinski definition) is 0. The Hall–Kier alpha value is -0.530. The molecule has 0 bridgehead atoms. The lowest BCUT2D eigenvalue weighted by molar-refractivity contribution is 0.0660. The number of rotatable bonds is 8. The van der Waals surface area contributed by atoms with Crippen LogP contribution in [0.4, 0.5) is 0 Å². The first-order valence-electron chi connectivity index (χ1n) is 7.31. The minimum absolute atomic E-state index is 0.662. The van der Waals surface area contributed by atoms with E-state index in [0.29, 0.717) is 18.4 Å². The monoisotopic (exact) mass is 282 g/mol. The maximum Gasteiger partial charge on any atom is 0.0717 e. The molecular weight excluding hydrogens is 256 g/mol. The summed E-state index contributed by atoms with van der Waals surface area (Å²) >= 11 is 5.87. The molecule has 1 atom stereocenters. The van der Waals surface area contributed by atoms with Crippen molar-refractivity contribution in [2.75, 3.05) is 6.61 Å². The highest BCUT2D eigenvalue weighted by Crippen LogP contribution is 2.21. The minimum atomic E-state index is 0.662. The van der Waals surface area contributed by atoms with Crippen molar-refractivity contribution in [3.8, 4) is 0 Å². The van der Waals surface area contributed by atoms with Gasteiger partial charge in [-0.2, -0.15) is 0 Å². The molecule has 0 N–H and O–H groups in total. The van der Waals surface area contributed by atoms with Crippen LogP contribution in [0.15, 0.2) is 24.3 Å². The molecule has 0 aliphatic carbocycles. The Labute approximate surface area is 123 Å². The average molecular weight is 283 g/mol. The van der Waals surface area contributed by atoms with Gasteiger partial charge >= 0.3 is 0 Å².